The summed E-state index contributed by atoms with van der Waals surface area (Å²) in [7, 11) is 0. The Morgan fingerprint density at radius 1 is 0.273 bits per heavy atom. The third-order valence-electron chi connectivity index (χ3n) is 5.31. The molecule has 0 aliphatic carbocycles. The van der Waals surface area contributed by atoms with E-state index in [4.69, 9.17) is 20.4 Å². The van der Waals surface area contributed by atoms with Gasteiger partial charge in [0.2, 0.25) is 0 Å². The molecule has 0 unspecified atom stereocenters. The van der Waals surface area contributed by atoms with E-state index in [0.717, 1.165) is 51.4 Å². The van der Waals surface area contributed by atoms with Gasteiger partial charge in [-0.3, -0.25) is 19.2 Å². The van der Waals surface area contributed by atoms with Gasteiger partial charge in [0.1, 0.15) is 0 Å². The van der Waals surface area contributed by atoms with Gasteiger partial charge in [-0.1, -0.05) is 83.5 Å². The smallest absolute Gasteiger partial charge is 0.303 e. The van der Waals surface area contributed by atoms with E-state index in [1.54, 1.807) is 0 Å². The van der Waals surface area contributed by atoms with Gasteiger partial charge in [0, 0.05) is 25.7 Å². The lowest BCUT2D eigenvalue weighted by molar-refractivity contribution is -0.138. The minimum absolute atomic E-state index is 0.188. The predicted octanol–water partition coefficient (Wildman–Crippen LogP) is 6.50. The third-order valence-corrected chi connectivity index (χ3v) is 5.31. The molecule has 33 heavy (non-hydrogen) atoms. The van der Waals surface area contributed by atoms with Crippen molar-refractivity contribution in [1.82, 2.24) is 0 Å². The highest BCUT2D eigenvalue weighted by atomic mass is 16.4. The van der Waals surface area contributed by atoms with Crippen molar-refractivity contribution in [2.75, 3.05) is 0 Å². The molecule has 8 nitrogen and oxygen atoms in total. The molecule has 0 rings (SSSR count). The highest BCUT2D eigenvalue weighted by Gasteiger charge is 1.99. The lowest BCUT2D eigenvalue weighted by Crippen LogP contribution is -1.95. The molecule has 0 spiro atoms. The van der Waals surface area contributed by atoms with E-state index in [1.807, 2.05) is 0 Å². The monoisotopic (exact) mass is 474 g/mol. The van der Waals surface area contributed by atoms with Crippen LogP contribution in [0.4, 0.5) is 0 Å². The Labute approximate surface area is 198 Å². The van der Waals surface area contributed by atoms with Crippen molar-refractivity contribution in [3.63, 3.8) is 0 Å². The van der Waals surface area contributed by atoms with Gasteiger partial charge in [-0.25, -0.2) is 0 Å². The fourth-order valence-electron chi connectivity index (χ4n) is 3.40. The maximum absolute atomic E-state index is 10.3. The largest absolute Gasteiger partial charge is 0.481 e. The summed E-state index contributed by atoms with van der Waals surface area (Å²) in [5, 5.41) is 33.5. The second-order valence-electron chi connectivity index (χ2n) is 8.59. The third kappa shape index (κ3) is 37.5. The van der Waals surface area contributed by atoms with Crippen molar-refractivity contribution < 1.29 is 39.6 Å². The van der Waals surface area contributed by atoms with Crippen molar-refractivity contribution in [1.29, 1.82) is 0 Å². The standard InChI is InChI=1S/C17H32O4.C8H14O4/c18-16(19)14-12-10-8-6-4-2-1-3-5-7-9-11-13-15-17(20)21;9-7(10)5-3-1-2-4-6-8(11)12/h1-15H2,(H,18,19)(H,20,21);1-6H2,(H,9,10)(H,11,12). The van der Waals surface area contributed by atoms with Crippen LogP contribution in [0.3, 0.4) is 0 Å². The maximum Gasteiger partial charge on any atom is 0.303 e. The Morgan fingerprint density at radius 3 is 0.515 bits per heavy atom. The highest BCUT2D eigenvalue weighted by molar-refractivity contribution is 5.67. The van der Waals surface area contributed by atoms with Gasteiger partial charge in [-0.15, -0.1) is 0 Å². The number of unbranched alkanes of at least 4 members (excludes halogenated alkanes) is 15. The quantitative estimate of drug-likeness (QED) is 0.122. The SMILES string of the molecule is O=C(O)CCCCCCC(=O)O.O=C(O)CCCCCCCCCCCCCCCC(=O)O. The number of carbonyl (C=O) groups is 4. The predicted molar refractivity (Wildman–Crippen MR) is 128 cm³/mol. The number of rotatable bonds is 23. The molecule has 0 aromatic rings. The van der Waals surface area contributed by atoms with Crippen LogP contribution in [-0.2, 0) is 19.2 Å². The lowest BCUT2D eigenvalue weighted by Gasteiger charge is -2.02. The highest BCUT2D eigenvalue weighted by Crippen LogP contribution is 2.13. The first-order valence-corrected chi connectivity index (χ1v) is 12.6. The summed E-state index contributed by atoms with van der Waals surface area (Å²) in [5.74, 6) is -2.93. The number of hydrogen-bond donors (Lipinski definition) is 4. The van der Waals surface area contributed by atoms with Crippen LogP contribution in [0.15, 0.2) is 0 Å². The first-order valence-electron chi connectivity index (χ1n) is 12.6. The van der Waals surface area contributed by atoms with Gasteiger partial charge in [0.15, 0.2) is 0 Å². The zero-order chi connectivity index (χ0) is 25.2. The van der Waals surface area contributed by atoms with Crippen molar-refractivity contribution in [3.8, 4) is 0 Å². The first kappa shape index (κ1) is 33.1. The maximum atomic E-state index is 10.3. The first-order chi connectivity index (χ1) is 15.8. The van der Waals surface area contributed by atoms with Gasteiger partial charge in [-0.05, 0) is 25.7 Å². The summed E-state index contributed by atoms with van der Waals surface area (Å²) in [5.41, 5.74) is 0. The average Bonchev–Trinajstić information content (AvgIpc) is 2.73. The average molecular weight is 475 g/mol. The van der Waals surface area contributed by atoms with E-state index in [-0.39, 0.29) is 12.8 Å². The molecule has 0 bridgehead atoms. The molecule has 0 aromatic heterocycles. The summed E-state index contributed by atoms with van der Waals surface area (Å²) in [6, 6.07) is 0. The van der Waals surface area contributed by atoms with Crippen LogP contribution in [0.1, 0.15) is 135 Å². The van der Waals surface area contributed by atoms with Crippen LogP contribution in [0, 0.1) is 0 Å². The molecule has 0 aromatic carbocycles. The van der Waals surface area contributed by atoms with E-state index in [2.05, 4.69) is 0 Å². The Kier molecular flexibility index (Phi) is 26.2. The number of carboxylic acids is 4. The zero-order valence-corrected chi connectivity index (χ0v) is 20.3. The molecule has 0 saturated carbocycles. The van der Waals surface area contributed by atoms with Crippen LogP contribution in [0.5, 0.6) is 0 Å². The van der Waals surface area contributed by atoms with Gasteiger partial charge < -0.3 is 20.4 Å². The van der Waals surface area contributed by atoms with E-state index < -0.39 is 23.9 Å². The lowest BCUT2D eigenvalue weighted by atomic mass is 10.0. The van der Waals surface area contributed by atoms with Crippen molar-refractivity contribution in [3.05, 3.63) is 0 Å². The van der Waals surface area contributed by atoms with Gasteiger partial charge in [0.25, 0.3) is 0 Å². The summed E-state index contributed by atoms with van der Waals surface area (Å²) in [4.78, 5) is 40.7. The van der Waals surface area contributed by atoms with Crippen LogP contribution >= 0.6 is 0 Å². The molecular weight excluding hydrogens is 428 g/mol. The topological polar surface area (TPSA) is 149 Å². The Morgan fingerprint density at radius 2 is 0.394 bits per heavy atom. The Hall–Kier alpha value is -2.12. The number of hydrogen-bond acceptors (Lipinski definition) is 4. The summed E-state index contributed by atoms with van der Waals surface area (Å²) >= 11 is 0. The molecule has 0 amide bonds. The van der Waals surface area contributed by atoms with Crippen molar-refractivity contribution >= 4 is 23.9 Å². The molecule has 0 fully saturated rings. The zero-order valence-electron chi connectivity index (χ0n) is 20.3. The Bertz CT molecular complexity index is 461. The minimum atomic E-state index is -0.784. The molecule has 0 aliphatic heterocycles. The fourth-order valence-corrected chi connectivity index (χ4v) is 3.40. The summed E-state index contributed by atoms with van der Waals surface area (Å²) in [6.07, 6.45) is 18.8. The van der Waals surface area contributed by atoms with Crippen LogP contribution in [0.25, 0.3) is 0 Å². The molecule has 0 saturated heterocycles. The molecule has 0 heterocycles. The van der Waals surface area contributed by atoms with E-state index >= 15 is 0 Å². The second-order valence-corrected chi connectivity index (χ2v) is 8.59. The van der Waals surface area contributed by atoms with Crippen LogP contribution in [0.2, 0.25) is 0 Å². The van der Waals surface area contributed by atoms with E-state index in [1.165, 1.54) is 44.9 Å². The molecule has 0 radical (unpaired) electrons. The van der Waals surface area contributed by atoms with E-state index in [9.17, 15) is 19.2 Å². The van der Waals surface area contributed by atoms with Gasteiger partial charge >= 0.3 is 23.9 Å². The van der Waals surface area contributed by atoms with Crippen molar-refractivity contribution in [2.45, 2.75) is 135 Å². The fraction of sp³-hybridized carbons (Fsp3) is 0.840. The van der Waals surface area contributed by atoms with E-state index in [0.29, 0.717) is 25.7 Å². The Balaban J connectivity index is 0. The normalized spacial score (nSPS) is 10.3. The van der Waals surface area contributed by atoms with Gasteiger partial charge in [0.05, 0.1) is 0 Å². The summed E-state index contributed by atoms with van der Waals surface area (Å²) < 4.78 is 0. The molecule has 4 N–H and O–H groups in total. The van der Waals surface area contributed by atoms with Gasteiger partial charge in [-0.2, -0.15) is 0 Å². The van der Waals surface area contributed by atoms with Crippen LogP contribution < -0.4 is 0 Å². The minimum Gasteiger partial charge on any atom is -0.481 e. The van der Waals surface area contributed by atoms with Crippen molar-refractivity contribution in [2.24, 2.45) is 0 Å². The molecular formula is C25H46O8. The molecule has 8 heteroatoms. The molecule has 0 atom stereocenters. The number of carboxylic acid groups (broad SMARTS) is 4. The summed E-state index contributed by atoms with van der Waals surface area (Å²) in [6.45, 7) is 0. The number of aliphatic carboxylic acids is 4. The molecule has 194 valence electrons. The van der Waals surface area contributed by atoms with Crippen LogP contribution in [-0.4, -0.2) is 44.3 Å². The molecule has 0 aliphatic rings. The second kappa shape index (κ2) is 26.1.